The van der Waals surface area contributed by atoms with Crippen LogP contribution >= 0.6 is 0 Å². The van der Waals surface area contributed by atoms with Gasteiger partial charge in [-0.15, -0.1) is 0 Å². The fourth-order valence-corrected chi connectivity index (χ4v) is 2.63. The second-order valence-electron chi connectivity index (χ2n) is 6.60. The van der Waals surface area contributed by atoms with Gasteiger partial charge in [-0.3, -0.25) is 9.59 Å². The molecule has 0 aliphatic rings. The van der Waals surface area contributed by atoms with Gasteiger partial charge in [0.05, 0.1) is 11.3 Å². The molecule has 0 aromatic heterocycles. The lowest BCUT2D eigenvalue weighted by atomic mass is 10.1. The fourth-order valence-electron chi connectivity index (χ4n) is 2.63. The van der Waals surface area contributed by atoms with Gasteiger partial charge in [-0.1, -0.05) is 24.3 Å². The van der Waals surface area contributed by atoms with Crippen LogP contribution in [0.15, 0.2) is 42.5 Å². The minimum absolute atomic E-state index is 0.241. The van der Waals surface area contributed by atoms with Gasteiger partial charge < -0.3 is 20.1 Å². The smallest absolute Gasteiger partial charge is 0.265 e. The number of rotatable bonds is 9. The molecule has 0 bridgehead atoms. The van der Waals surface area contributed by atoms with E-state index in [2.05, 4.69) is 10.6 Å². The van der Waals surface area contributed by atoms with Crippen LogP contribution in [-0.2, 0) is 9.53 Å². The van der Waals surface area contributed by atoms with Crippen LogP contribution in [0.25, 0.3) is 0 Å². The molecule has 0 fully saturated rings. The van der Waals surface area contributed by atoms with Gasteiger partial charge in [-0.25, -0.2) is 0 Å². The second-order valence-corrected chi connectivity index (χ2v) is 6.60. The van der Waals surface area contributed by atoms with Crippen LogP contribution in [0.2, 0.25) is 0 Å². The maximum atomic E-state index is 12.6. The molecule has 0 saturated heterocycles. The maximum absolute atomic E-state index is 12.6. The van der Waals surface area contributed by atoms with Crippen LogP contribution < -0.4 is 15.4 Å². The van der Waals surface area contributed by atoms with Crippen LogP contribution in [0.4, 0.5) is 5.69 Å². The number of carbonyl (C=O) groups is 2. The largest absolute Gasteiger partial charge is 0.481 e. The number of carbonyl (C=O) groups excluding carboxylic acids is 2. The van der Waals surface area contributed by atoms with Crippen molar-refractivity contribution in [3.05, 3.63) is 59.2 Å². The first kappa shape index (κ1) is 21.4. The molecular formula is C22H28N2O4. The van der Waals surface area contributed by atoms with Crippen molar-refractivity contribution in [1.29, 1.82) is 0 Å². The molecule has 2 amide bonds. The van der Waals surface area contributed by atoms with Crippen LogP contribution in [-0.4, -0.2) is 38.2 Å². The summed E-state index contributed by atoms with van der Waals surface area (Å²) in [5.74, 6) is 0.113. The van der Waals surface area contributed by atoms with E-state index >= 15 is 0 Å². The molecule has 0 spiro atoms. The van der Waals surface area contributed by atoms with E-state index in [-0.39, 0.29) is 11.8 Å². The van der Waals surface area contributed by atoms with Crippen LogP contribution in [0.5, 0.6) is 5.75 Å². The Morgan fingerprint density at radius 2 is 1.82 bits per heavy atom. The molecular weight excluding hydrogens is 356 g/mol. The van der Waals surface area contributed by atoms with Crippen molar-refractivity contribution < 1.29 is 19.1 Å². The molecule has 0 saturated carbocycles. The van der Waals surface area contributed by atoms with Crippen molar-refractivity contribution in [3.8, 4) is 5.75 Å². The molecule has 2 aromatic carbocycles. The number of anilines is 1. The van der Waals surface area contributed by atoms with E-state index in [1.165, 1.54) is 0 Å². The first-order valence-corrected chi connectivity index (χ1v) is 9.34. The number of amides is 2. The average molecular weight is 384 g/mol. The molecule has 0 heterocycles. The fraction of sp³-hybridized carbons (Fsp3) is 0.364. The number of methoxy groups -OCH3 is 1. The number of aryl methyl sites for hydroxylation is 1. The monoisotopic (exact) mass is 384 g/mol. The first-order valence-electron chi connectivity index (χ1n) is 9.34. The summed E-state index contributed by atoms with van der Waals surface area (Å²) in [5, 5.41) is 5.63. The minimum Gasteiger partial charge on any atom is -0.481 e. The molecule has 0 unspecified atom stereocenters. The number of benzene rings is 2. The van der Waals surface area contributed by atoms with Crippen molar-refractivity contribution in [2.24, 2.45) is 0 Å². The minimum atomic E-state index is -0.710. The van der Waals surface area contributed by atoms with Crippen LogP contribution in [0.1, 0.15) is 34.8 Å². The highest BCUT2D eigenvalue weighted by atomic mass is 16.5. The summed E-state index contributed by atoms with van der Waals surface area (Å²) < 4.78 is 10.8. The van der Waals surface area contributed by atoms with Crippen molar-refractivity contribution in [2.45, 2.75) is 33.3 Å². The molecule has 6 heteroatoms. The predicted octanol–water partition coefficient (Wildman–Crippen LogP) is 3.48. The number of ether oxygens (including phenoxy) is 2. The van der Waals surface area contributed by atoms with Crippen molar-refractivity contribution in [3.63, 3.8) is 0 Å². The molecule has 6 nitrogen and oxygen atoms in total. The second kappa shape index (κ2) is 10.5. The zero-order valence-electron chi connectivity index (χ0n) is 16.9. The van der Waals surface area contributed by atoms with E-state index in [1.54, 1.807) is 38.3 Å². The molecule has 150 valence electrons. The quantitative estimate of drug-likeness (QED) is 0.649. The Morgan fingerprint density at radius 3 is 2.57 bits per heavy atom. The molecule has 2 aromatic rings. The van der Waals surface area contributed by atoms with Crippen molar-refractivity contribution in [2.75, 3.05) is 25.6 Å². The molecule has 2 N–H and O–H groups in total. The number of nitrogens with one attached hydrogen (secondary N) is 2. The van der Waals surface area contributed by atoms with E-state index in [9.17, 15) is 9.59 Å². The Balaban J connectivity index is 2.03. The average Bonchev–Trinajstić information content (AvgIpc) is 2.69. The van der Waals surface area contributed by atoms with Gasteiger partial charge in [-0.05, 0) is 56.5 Å². The van der Waals surface area contributed by atoms with Gasteiger partial charge in [-0.2, -0.15) is 0 Å². The lowest BCUT2D eigenvalue weighted by Crippen LogP contribution is -2.32. The third-order valence-corrected chi connectivity index (χ3v) is 4.47. The number of para-hydroxylation sites is 1. The first-order chi connectivity index (χ1) is 13.4. The molecule has 28 heavy (non-hydrogen) atoms. The normalized spacial score (nSPS) is 11.6. The third kappa shape index (κ3) is 5.82. The molecule has 1 atom stereocenters. The number of hydrogen-bond donors (Lipinski definition) is 2. The van der Waals surface area contributed by atoms with Gasteiger partial charge in [0.15, 0.2) is 6.10 Å². The van der Waals surface area contributed by atoms with Gasteiger partial charge in [0.1, 0.15) is 5.75 Å². The summed E-state index contributed by atoms with van der Waals surface area (Å²) in [6, 6.07) is 12.6. The lowest BCUT2D eigenvalue weighted by molar-refractivity contribution is -0.122. The van der Waals surface area contributed by atoms with Gasteiger partial charge in [0.2, 0.25) is 0 Å². The van der Waals surface area contributed by atoms with E-state index in [1.807, 2.05) is 32.0 Å². The highest BCUT2D eigenvalue weighted by Gasteiger charge is 2.19. The van der Waals surface area contributed by atoms with E-state index in [4.69, 9.17) is 9.47 Å². The summed E-state index contributed by atoms with van der Waals surface area (Å²) in [4.78, 5) is 25.0. The molecule has 0 aliphatic heterocycles. The Bertz CT molecular complexity index is 820. The maximum Gasteiger partial charge on any atom is 0.265 e. The van der Waals surface area contributed by atoms with E-state index < -0.39 is 6.10 Å². The van der Waals surface area contributed by atoms with Gasteiger partial charge in [0.25, 0.3) is 11.8 Å². The highest BCUT2D eigenvalue weighted by molar-refractivity contribution is 6.04. The summed E-state index contributed by atoms with van der Waals surface area (Å²) in [6.45, 7) is 6.71. The third-order valence-electron chi connectivity index (χ3n) is 4.47. The van der Waals surface area contributed by atoms with Crippen LogP contribution in [0, 0.1) is 13.8 Å². The summed E-state index contributed by atoms with van der Waals surface area (Å²) >= 11 is 0. The topological polar surface area (TPSA) is 76.7 Å². The molecule has 2 rings (SSSR count). The predicted molar refractivity (Wildman–Crippen MR) is 110 cm³/mol. The Labute approximate surface area is 166 Å². The summed E-state index contributed by atoms with van der Waals surface area (Å²) in [7, 11) is 1.62. The summed E-state index contributed by atoms with van der Waals surface area (Å²) in [6.07, 6.45) is 0.00984. The number of hydrogen-bond acceptors (Lipinski definition) is 4. The van der Waals surface area contributed by atoms with Crippen molar-refractivity contribution in [1.82, 2.24) is 5.32 Å². The Morgan fingerprint density at radius 1 is 1.07 bits per heavy atom. The summed E-state index contributed by atoms with van der Waals surface area (Å²) in [5.41, 5.74) is 2.96. The standard InChI is InChI=1S/C22H28N2O4/c1-15-9-7-12-20(16(15)2)28-17(3)21(25)24-19-11-6-5-10-18(19)22(26)23-13-8-14-27-4/h5-7,9-12,17H,8,13-14H2,1-4H3,(H,23,26)(H,24,25)/t17-/m1/s1. The van der Waals surface area contributed by atoms with Gasteiger partial charge >= 0.3 is 0 Å². The van der Waals surface area contributed by atoms with Crippen LogP contribution in [0.3, 0.4) is 0 Å². The zero-order chi connectivity index (χ0) is 20.5. The Kier molecular flexibility index (Phi) is 8.02. The molecule has 0 aliphatic carbocycles. The molecule has 0 radical (unpaired) electrons. The van der Waals surface area contributed by atoms with Gasteiger partial charge in [0, 0.05) is 20.3 Å². The SMILES string of the molecule is COCCCNC(=O)c1ccccc1NC(=O)[C@@H](C)Oc1cccc(C)c1C. The van der Waals surface area contributed by atoms with E-state index in [0.717, 1.165) is 17.5 Å². The van der Waals surface area contributed by atoms with Crippen molar-refractivity contribution >= 4 is 17.5 Å². The Hall–Kier alpha value is -2.86. The lowest BCUT2D eigenvalue weighted by Gasteiger charge is -2.18. The zero-order valence-corrected chi connectivity index (χ0v) is 16.9. The highest BCUT2D eigenvalue weighted by Crippen LogP contribution is 2.22. The van der Waals surface area contributed by atoms with E-state index in [0.29, 0.717) is 30.2 Å².